The van der Waals surface area contributed by atoms with E-state index in [1.807, 2.05) is 47.5 Å². The van der Waals surface area contributed by atoms with Crippen molar-refractivity contribution in [3.05, 3.63) is 69.9 Å². The first-order valence-electron chi connectivity index (χ1n) is 11.6. The molecule has 1 aliphatic heterocycles. The van der Waals surface area contributed by atoms with E-state index in [4.69, 9.17) is 14.2 Å². The average Bonchev–Trinajstić information content (AvgIpc) is 3.28. The SMILES string of the molecule is COc1ccc(CN(Cc2ccncc2)C(=O)Cc2csc(C)n2)cc1OCC1CCCCO1. The lowest BCUT2D eigenvalue weighted by Gasteiger charge is -2.25. The van der Waals surface area contributed by atoms with Gasteiger partial charge in [-0.3, -0.25) is 9.78 Å². The highest BCUT2D eigenvalue weighted by Gasteiger charge is 2.19. The topological polar surface area (TPSA) is 73.8 Å². The lowest BCUT2D eigenvalue weighted by molar-refractivity contribution is -0.131. The number of methoxy groups -OCH3 is 1. The van der Waals surface area contributed by atoms with Crippen molar-refractivity contribution in [3.63, 3.8) is 0 Å². The van der Waals surface area contributed by atoms with Crippen molar-refractivity contribution in [3.8, 4) is 11.5 Å². The minimum atomic E-state index is 0.0241. The Kier molecular flexibility index (Phi) is 8.49. The Bertz CT molecular complexity index is 1070. The molecule has 34 heavy (non-hydrogen) atoms. The van der Waals surface area contributed by atoms with Crippen LogP contribution in [0.4, 0.5) is 0 Å². The first-order chi connectivity index (χ1) is 16.6. The molecule has 0 saturated carbocycles. The highest BCUT2D eigenvalue weighted by molar-refractivity contribution is 7.09. The Balaban J connectivity index is 1.50. The zero-order valence-corrected chi connectivity index (χ0v) is 20.6. The summed E-state index contributed by atoms with van der Waals surface area (Å²) in [5.41, 5.74) is 2.80. The molecule has 180 valence electrons. The first kappa shape index (κ1) is 24.2. The number of pyridine rings is 1. The van der Waals surface area contributed by atoms with Gasteiger partial charge in [0.2, 0.25) is 5.91 Å². The number of carbonyl (C=O) groups is 1. The van der Waals surface area contributed by atoms with Crippen LogP contribution in [0.2, 0.25) is 0 Å². The Labute approximate surface area is 204 Å². The number of thiazole rings is 1. The predicted molar refractivity (Wildman–Crippen MR) is 131 cm³/mol. The standard InChI is InChI=1S/C26H31N3O4S/c1-19-28-22(18-34-19)14-26(30)29(15-20-8-10-27-11-9-20)16-21-6-7-24(31-2)25(13-21)33-17-23-5-3-4-12-32-23/h6-11,13,18,23H,3-5,12,14-17H2,1-2H3. The fourth-order valence-corrected chi connectivity index (χ4v) is 4.58. The van der Waals surface area contributed by atoms with Gasteiger partial charge in [-0.2, -0.15) is 0 Å². The molecule has 1 atom stereocenters. The van der Waals surface area contributed by atoms with Crippen LogP contribution in [-0.2, 0) is 29.0 Å². The smallest absolute Gasteiger partial charge is 0.229 e. The molecule has 0 radical (unpaired) electrons. The average molecular weight is 482 g/mol. The van der Waals surface area contributed by atoms with Gasteiger partial charge in [0, 0.05) is 37.5 Å². The van der Waals surface area contributed by atoms with Gasteiger partial charge in [-0.15, -0.1) is 11.3 Å². The van der Waals surface area contributed by atoms with Gasteiger partial charge in [0.1, 0.15) is 6.61 Å². The minimum absolute atomic E-state index is 0.0241. The molecule has 1 unspecified atom stereocenters. The summed E-state index contributed by atoms with van der Waals surface area (Å²) >= 11 is 1.56. The van der Waals surface area contributed by atoms with E-state index in [9.17, 15) is 4.79 Å². The van der Waals surface area contributed by atoms with Crippen molar-refractivity contribution in [2.75, 3.05) is 20.3 Å². The predicted octanol–water partition coefficient (Wildman–Crippen LogP) is 4.57. The Morgan fingerprint density at radius 1 is 1.15 bits per heavy atom. The van der Waals surface area contributed by atoms with Crippen LogP contribution >= 0.6 is 11.3 Å². The molecule has 0 N–H and O–H groups in total. The van der Waals surface area contributed by atoms with E-state index >= 15 is 0 Å². The number of benzene rings is 1. The van der Waals surface area contributed by atoms with E-state index in [1.165, 1.54) is 0 Å². The van der Waals surface area contributed by atoms with E-state index in [0.29, 0.717) is 31.2 Å². The third-order valence-electron chi connectivity index (χ3n) is 5.77. The quantitative estimate of drug-likeness (QED) is 0.422. The lowest BCUT2D eigenvalue weighted by Crippen LogP contribution is -2.31. The summed E-state index contributed by atoms with van der Waals surface area (Å²) < 4.78 is 17.4. The monoisotopic (exact) mass is 481 g/mol. The third-order valence-corrected chi connectivity index (χ3v) is 6.60. The Hall–Kier alpha value is -2.97. The molecule has 8 heteroatoms. The fourth-order valence-electron chi connectivity index (χ4n) is 3.97. The van der Waals surface area contributed by atoms with Crippen molar-refractivity contribution in [1.29, 1.82) is 0 Å². The molecule has 1 aromatic carbocycles. The number of ether oxygens (including phenoxy) is 3. The molecule has 0 aliphatic carbocycles. The van der Waals surface area contributed by atoms with E-state index < -0.39 is 0 Å². The fraction of sp³-hybridized carbons (Fsp3) is 0.423. The molecule has 1 amide bonds. The number of hydrogen-bond acceptors (Lipinski definition) is 7. The summed E-state index contributed by atoms with van der Waals surface area (Å²) in [4.78, 5) is 23.7. The number of carbonyl (C=O) groups excluding carboxylic acids is 1. The maximum absolute atomic E-state index is 13.3. The van der Waals surface area contributed by atoms with E-state index in [0.717, 1.165) is 47.7 Å². The minimum Gasteiger partial charge on any atom is -0.493 e. The van der Waals surface area contributed by atoms with Crippen LogP contribution in [0.1, 0.15) is 41.1 Å². The zero-order chi connectivity index (χ0) is 23.8. The summed E-state index contributed by atoms with van der Waals surface area (Å²) in [5, 5.41) is 2.91. The van der Waals surface area contributed by atoms with E-state index in [1.54, 1.807) is 30.8 Å². The number of aromatic nitrogens is 2. The molecule has 1 saturated heterocycles. The number of rotatable bonds is 10. The molecular formula is C26H31N3O4S. The molecule has 1 aliphatic rings. The van der Waals surface area contributed by atoms with Gasteiger partial charge in [-0.25, -0.2) is 4.98 Å². The number of amides is 1. The molecule has 1 fully saturated rings. The zero-order valence-electron chi connectivity index (χ0n) is 19.7. The van der Waals surface area contributed by atoms with Crippen LogP contribution in [0.5, 0.6) is 11.5 Å². The highest BCUT2D eigenvalue weighted by atomic mass is 32.1. The molecular weight excluding hydrogens is 450 g/mol. The van der Waals surface area contributed by atoms with Gasteiger partial charge in [-0.1, -0.05) is 6.07 Å². The van der Waals surface area contributed by atoms with Gasteiger partial charge in [0.15, 0.2) is 11.5 Å². The summed E-state index contributed by atoms with van der Waals surface area (Å²) in [5.74, 6) is 1.36. The van der Waals surface area contributed by atoms with Gasteiger partial charge in [0.25, 0.3) is 0 Å². The van der Waals surface area contributed by atoms with Crippen LogP contribution in [0, 0.1) is 6.92 Å². The lowest BCUT2D eigenvalue weighted by atomic mass is 10.1. The number of hydrogen-bond donors (Lipinski definition) is 0. The van der Waals surface area contributed by atoms with Gasteiger partial charge < -0.3 is 19.1 Å². The van der Waals surface area contributed by atoms with Crippen LogP contribution < -0.4 is 9.47 Å². The second-order valence-electron chi connectivity index (χ2n) is 8.42. The second kappa shape index (κ2) is 11.9. The molecule has 7 nitrogen and oxygen atoms in total. The van der Waals surface area contributed by atoms with Crippen LogP contribution in [-0.4, -0.2) is 47.2 Å². The van der Waals surface area contributed by atoms with Crippen LogP contribution in [0.25, 0.3) is 0 Å². The highest BCUT2D eigenvalue weighted by Crippen LogP contribution is 2.30. The second-order valence-corrected chi connectivity index (χ2v) is 9.49. The summed E-state index contributed by atoms with van der Waals surface area (Å²) in [6.07, 6.45) is 7.14. The normalized spacial score (nSPS) is 15.6. The maximum atomic E-state index is 13.3. The Morgan fingerprint density at radius 3 is 2.68 bits per heavy atom. The van der Waals surface area contributed by atoms with Gasteiger partial charge in [0.05, 0.1) is 30.3 Å². The largest absolute Gasteiger partial charge is 0.493 e. The molecule has 0 spiro atoms. The van der Waals surface area contributed by atoms with Crippen molar-refractivity contribution >= 4 is 17.2 Å². The number of nitrogens with zero attached hydrogens (tertiary/aromatic N) is 3. The van der Waals surface area contributed by atoms with Crippen molar-refractivity contribution in [2.45, 2.75) is 51.8 Å². The van der Waals surface area contributed by atoms with Gasteiger partial charge >= 0.3 is 0 Å². The van der Waals surface area contributed by atoms with Crippen LogP contribution in [0.15, 0.2) is 48.1 Å². The van der Waals surface area contributed by atoms with E-state index in [2.05, 4.69) is 9.97 Å². The van der Waals surface area contributed by atoms with Gasteiger partial charge in [-0.05, 0) is 61.6 Å². The Morgan fingerprint density at radius 2 is 1.97 bits per heavy atom. The molecule has 2 aromatic heterocycles. The molecule has 4 rings (SSSR count). The van der Waals surface area contributed by atoms with Crippen molar-refractivity contribution < 1.29 is 19.0 Å². The summed E-state index contributed by atoms with van der Waals surface area (Å²) in [6.45, 7) is 4.16. The summed E-state index contributed by atoms with van der Waals surface area (Å²) in [7, 11) is 1.63. The number of aryl methyl sites for hydroxylation is 1. The third kappa shape index (κ3) is 6.77. The molecule has 0 bridgehead atoms. The van der Waals surface area contributed by atoms with Crippen molar-refractivity contribution in [1.82, 2.24) is 14.9 Å². The van der Waals surface area contributed by atoms with E-state index in [-0.39, 0.29) is 18.4 Å². The molecule has 3 heterocycles. The first-order valence-corrected chi connectivity index (χ1v) is 12.5. The van der Waals surface area contributed by atoms with Crippen LogP contribution in [0.3, 0.4) is 0 Å². The van der Waals surface area contributed by atoms with Crippen molar-refractivity contribution in [2.24, 2.45) is 0 Å². The summed E-state index contributed by atoms with van der Waals surface area (Å²) in [6, 6.07) is 9.69. The molecule has 3 aromatic rings. The maximum Gasteiger partial charge on any atom is 0.229 e.